The van der Waals surface area contributed by atoms with E-state index in [1.54, 1.807) is 0 Å². The van der Waals surface area contributed by atoms with Gasteiger partial charge in [0.2, 0.25) is 0 Å². The molecule has 1 aliphatic rings. The number of ether oxygens (including phenoxy) is 2. The normalized spacial score (nSPS) is 21.2. The molecule has 0 amide bonds. The third-order valence-corrected chi connectivity index (χ3v) is 8.75. The van der Waals surface area contributed by atoms with Crippen LogP contribution < -0.4 is 0 Å². The van der Waals surface area contributed by atoms with Gasteiger partial charge in [0, 0.05) is 0 Å². The third kappa shape index (κ3) is 6.23. The highest BCUT2D eigenvalue weighted by atomic mass is 28.4. The van der Waals surface area contributed by atoms with E-state index in [0.29, 0.717) is 6.61 Å². The first-order valence-electron chi connectivity index (χ1n) is 6.22. The Hall–Kier alpha value is -0.336. The molecule has 1 aliphatic heterocycles. The summed E-state index contributed by atoms with van der Waals surface area (Å²) in [4.78, 5) is 10.7. The molecule has 0 bridgehead atoms. The molecule has 0 radical (unpaired) electrons. The predicted octanol–water partition coefficient (Wildman–Crippen LogP) is 3.36. The zero-order chi connectivity index (χ0) is 13.1. The minimum absolute atomic E-state index is 0.0424. The molecular formula is C11H24O4Si2. The van der Waals surface area contributed by atoms with E-state index >= 15 is 0 Å². The van der Waals surface area contributed by atoms with Crippen molar-refractivity contribution in [1.29, 1.82) is 0 Å². The summed E-state index contributed by atoms with van der Waals surface area (Å²) in [7, 11) is -2.98. The number of hydrogen-bond acceptors (Lipinski definition) is 4. The standard InChI is InChI=1S/C11H24O4Si2/c1-16(2,3)15-17(4,5)8-6-7-10-9-13-11(12)14-10/h10H,6-9H2,1-5H3. The SMILES string of the molecule is C[Si](C)(C)O[Si](C)(C)CCCC1COC(=O)O1. The summed E-state index contributed by atoms with van der Waals surface area (Å²) >= 11 is 0. The van der Waals surface area contributed by atoms with Crippen molar-refractivity contribution in [3.8, 4) is 0 Å². The Kier molecular flexibility index (Phi) is 4.80. The van der Waals surface area contributed by atoms with E-state index in [0.717, 1.165) is 18.9 Å². The first-order valence-corrected chi connectivity index (χ1v) is 12.7. The van der Waals surface area contributed by atoms with E-state index in [1.807, 2.05) is 0 Å². The quantitative estimate of drug-likeness (QED) is 0.551. The van der Waals surface area contributed by atoms with Gasteiger partial charge in [-0.25, -0.2) is 4.79 Å². The maximum absolute atomic E-state index is 10.7. The second-order valence-electron chi connectivity index (χ2n) is 6.17. The average molecular weight is 276 g/mol. The van der Waals surface area contributed by atoms with Gasteiger partial charge < -0.3 is 13.6 Å². The fourth-order valence-electron chi connectivity index (χ4n) is 2.14. The molecule has 0 spiro atoms. The number of rotatable bonds is 6. The van der Waals surface area contributed by atoms with Crippen LogP contribution in [0.2, 0.25) is 38.8 Å². The van der Waals surface area contributed by atoms with Crippen LogP contribution in [0.25, 0.3) is 0 Å². The van der Waals surface area contributed by atoms with Gasteiger partial charge in [0.05, 0.1) is 0 Å². The lowest BCUT2D eigenvalue weighted by molar-refractivity contribution is 0.116. The molecule has 0 aromatic heterocycles. The zero-order valence-electron chi connectivity index (χ0n) is 11.5. The van der Waals surface area contributed by atoms with Crippen molar-refractivity contribution < 1.29 is 18.4 Å². The van der Waals surface area contributed by atoms with Crippen molar-refractivity contribution in [1.82, 2.24) is 0 Å². The van der Waals surface area contributed by atoms with Crippen LogP contribution in [-0.2, 0) is 13.6 Å². The predicted molar refractivity (Wildman–Crippen MR) is 72.2 cm³/mol. The monoisotopic (exact) mass is 276 g/mol. The van der Waals surface area contributed by atoms with Gasteiger partial charge >= 0.3 is 6.16 Å². The molecule has 100 valence electrons. The molecule has 1 saturated heterocycles. The van der Waals surface area contributed by atoms with Crippen LogP contribution in [0.5, 0.6) is 0 Å². The molecule has 1 fully saturated rings. The highest BCUT2D eigenvalue weighted by Crippen LogP contribution is 2.22. The van der Waals surface area contributed by atoms with Gasteiger partial charge in [-0.3, -0.25) is 0 Å². The summed E-state index contributed by atoms with van der Waals surface area (Å²) in [6, 6.07) is 1.12. The fourth-order valence-corrected chi connectivity index (χ4v) is 10.2. The Bertz CT molecular complexity index is 273. The maximum atomic E-state index is 10.7. The average Bonchev–Trinajstić information content (AvgIpc) is 2.46. The summed E-state index contributed by atoms with van der Waals surface area (Å²) in [5.41, 5.74) is 0. The van der Waals surface area contributed by atoms with Crippen LogP contribution >= 0.6 is 0 Å². The Morgan fingerprint density at radius 1 is 1.29 bits per heavy atom. The minimum atomic E-state index is -1.55. The molecule has 1 rings (SSSR count). The van der Waals surface area contributed by atoms with Gasteiger partial charge in [-0.1, -0.05) is 0 Å². The van der Waals surface area contributed by atoms with Crippen molar-refractivity contribution in [3.63, 3.8) is 0 Å². The topological polar surface area (TPSA) is 44.8 Å². The second-order valence-corrected chi connectivity index (χ2v) is 15.2. The van der Waals surface area contributed by atoms with Gasteiger partial charge in [-0.15, -0.1) is 0 Å². The maximum Gasteiger partial charge on any atom is 0.508 e. The Labute approximate surface area is 106 Å². The van der Waals surface area contributed by atoms with E-state index in [9.17, 15) is 4.79 Å². The lowest BCUT2D eigenvalue weighted by Gasteiger charge is -2.31. The second kappa shape index (κ2) is 5.54. The molecule has 17 heavy (non-hydrogen) atoms. The third-order valence-electron chi connectivity index (χ3n) is 2.54. The lowest BCUT2D eigenvalue weighted by Crippen LogP contribution is -2.42. The van der Waals surface area contributed by atoms with Crippen LogP contribution in [0.4, 0.5) is 4.79 Å². The van der Waals surface area contributed by atoms with Crippen LogP contribution in [0.3, 0.4) is 0 Å². The highest BCUT2D eigenvalue weighted by molar-refractivity contribution is 6.84. The summed E-state index contributed by atoms with van der Waals surface area (Å²) in [6.45, 7) is 11.6. The first kappa shape index (κ1) is 14.7. The van der Waals surface area contributed by atoms with Gasteiger partial charge in [-0.2, -0.15) is 0 Å². The van der Waals surface area contributed by atoms with Crippen LogP contribution in [0, 0.1) is 0 Å². The Morgan fingerprint density at radius 2 is 1.94 bits per heavy atom. The summed E-state index contributed by atoms with van der Waals surface area (Å²) < 4.78 is 16.0. The van der Waals surface area contributed by atoms with Gasteiger partial charge in [0.25, 0.3) is 0 Å². The first-order chi connectivity index (χ1) is 7.68. The molecule has 0 aliphatic carbocycles. The number of carbonyl (C=O) groups is 1. The molecule has 6 heteroatoms. The smallest absolute Gasteiger partial charge is 0.456 e. The molecule has 1 atom stereocenters. The lowest BCUT2D eigenvalue weighted by atomic mass is 10.2. The summed E-state index contributed by atoms with van der Waals surface area (Å²) in [5, 5.41) is 0. The molecule has 0 N–H and O–H groups in total. The van der Waals surface area contributed by atoms with Crippen molar-refractivity contribution in [2.24, 2.45) is 0 Å². The number of carbonyl (C=O) groups excluding carboxylic acids is 1. The Balaban J connectivity index is 2.23. The van der Waals surface area contributed by atoms with E-state index < -0.39 is 22.8 Å². The number of hydrogen-bond donors (Lipinski definition) is 0. The van der Waals surface area contributed by atoms with Crippen molar-refractivity contribution in [2.75, 3.05) is 6.61 Å². The molecule has 0 saturated carbocycles. The van der Waals surface area contributed by atoms with Gasteiger partial charge in [0.1, 0.15) is 12.7 Å². The zero-order valence-corrected chi connectivity index (χ0v) is 13.5. The van der Waals surface area contributed by atoms with E-state index in [-0.39, 0.29) is 6.10 Å². The van der Waals surface area contributed by atoms with Crippen LogP contribution in [0.1, 0.15) is 12.8 Å². The van der Waals surface area contributed by atoms with E-state index in [4.69, 9.17) is 13.6 Å². The summed E-state index contributed by atoms with van der Waals surface area (Å²) in [5.74, 6) is 0. The molecule has 4 nitrogen and oxygen atoms in total. The molecule has 0 aromatic carbocycles. The van der Waals surface area contributed by atoms with E-state index in [1.165, 1.54) is 0 Å². The van der Waals surface area contributed by atoms with Crippen LogP contribution in [0.15, 0.2) is 0 Å². The summed E-state index contributed by atoms with van der Waals surface area (Å²) in [6.07, 6.45) is 1.37. The van der Waals surface area contributed by atoms with Gasteiger partial charge in [-0.05, 0) is 51.6 Å². The molecular weight excluding hydrogens is 252 g/mol. The largest absolute Gasteiger partial charge is 0.508 e. The molecule has 1 unspecified atom stereocenters. The Morgan fingerprint density at radius 3 is 2.41 bits per heavy atom. The van der Waals surface area contributed by atoms with Gasteiger partial charge in [0.15, 0.2) is 16.6 Å². The minimum Gasteiger partial charge on any atom is -0.456 e. The van der Waals surface area contributed by atoms with Crippen molar-refractivity contribution >= 4 is 22.8 Å². The fraction of sp³-hybridized carbons (Fsp3) is 0.909. The van der Waals surface area contributed by atoms with Crippen molar-refractivity contribution in [2.45, 2.75) is 57.7 Å². The van der Waals surface area contributed by atoms with Crippen LogP contribution in [-0.4, -0.2) is 35.5 Å². The van der Waals surface area contributed by atoms with E-state index in [2.05, 4.69) is 32.7 Å². The van der Waals surface area contributed by atoms with Crippen molar-refractivity contribution in [3.05, 3.63) is 0 Å². The highest BCUT2D eigenvalue weighted by Gasteiger charge is 2.30. The molecule has 0 aromatic rings. The number of cyclic esters (lactones) is 2. The molecule has 1 heterocycles.